The molecule has 474 valence electrons. The van der Waals surface area contributed by atoms with Crippen LogP contribution in [-0.4, -0.2) is 187 Å². The number of carboxylic acids is 1. The summed E-state index contributed by atoms with van der Waals surface area (Å²) in [4.78, 5) is 164. The molecule has 17 N–H and O–H groups in total. The van der Waals surface area contributed by atoms with E-state index in [9.17, 15) is 75.6 Å². The number of likely N-dealkylation sites (N-methyl/N-ethyl adjacent to an activating group) is 1. The molecule has 1 heterocycles. The third-order valence-electron chi connectivity index (χ3n) is 12.9. The van der Waals surface area contributed by atoms with Crippen molar-refractivity contribution in [3.63, 3.8) is 0 Å². The number of amides is 11. The first kappa shape index (κ1) is 71.3. The predicted octanol–water partition coefficient (Wildman–Crippen LogP) is -3.28. The standard InChI is InChI=1S/C53H72N14O16S4/c1-56-46(74)39-27-86-28-44(71)61-34(12-5-6-19-57-41(68)17-18-42(69)60-31-15-16-32-30(22-31)11-7-14-40(32)87(81,82)83)48(76)65-37(25-84)51(79)63-33(13-8-20-58-53(54)55)47(75)59-24-43(70)62-36(23-45(72)73)50(78)66-38(26-85)52(80)64-35(49(77)67-39)21-29-9-3-2-4-10-29/h2-4,7,9-11,14-16,22,33-39,84-85H,5-6,8,12-13,17-21,23-28H2,1H3,(H,56,74)(H,57,68)(H,59,75)(H,60,69)(H,61,71)(H,62,70)(H,63,79)(H,64,80)(H,65,76)(H,66,78)(H,67,77)(H,72,73)(H4,54,55,58)(H,81,82,83)/t33-,34-,35?,36-,37-,38-,39-/m0/s1. The number of carbonyl (C=O) groups is 12. The van der Waals surface area contributed by atoms with E-state index in [2.05, 4.69) is 88.7 Å². The maximum Gasteiger partial charge on any atom is 0.305 e. The second-order valence-electron chi connectivity index (χ2n) is 19.6. The minimum Gasteiger partial charge on any atom is -0.481 e. The van der Waals surface area contributed by atoms with E-state index in [0.29, 0.717) is 16.6 Å². The molecule has 0 aliphatic carbocycles. The molecule has 87 heavy (non-hydrogen) atoms. The lowest BCUT2D eigenvalue weighted by Crippen LogP contribution is -2.60. The molecule has 11 amide bonds. The average Bonchev–Trinajstić information content (AvgIpc) is 2.19. The lowest BCUT2D eigenvalue weighted by atomic mass is 10.0. The van der Waals surface area contributed by atoms with Gasteiger partial charge in [-0.1, -0.05) is 48.5 Å². The molecule has 0 bridgehead atoms. The van der Waals surface area contributed by atoms with Gasteiger partial charge in [0.15, 0.2) is 5.96 Å². The Hall–Kier alpha value is -8.21. The number of fused-ring (bicyclic) bond motifs is 1. The highest BCUT2D eigenvalue weighted by atomic mass is 32.2. The van der Waals surface area contributed by atoms with E-state index < -0.39 is 148 Å². The Morgan fingerprint density at radius 2 is 1.26 bits per heavy atom. The van der Waals surface area contributed by atoms with Crippen molar-refractivity contribution < 1.29 is 75.6 Å². The van der Waals surface area contributed by atoms with E-state index in [1.54, 1.807) is 36.4 Å². The molecule has 1 aliphatic heterocycles. The molecule has 0 aromatic heterocycles. The number of hydrogen-bond acceptors (Lipinski definition) is 18. The van der Waals surface area contributed by atoms with Crippen LogP contribution in [0.15, 0.2) is 76.6 Å². The van der Waals surface area contributed by atoms with Gasteiger partial charge >= 0.3 is 5.97 Å². The van der Waals surface area contributed by atoms with Crippen molar-refractivity contribution >= 4 is 141 Å². The number of thiol groups is 2. The van der Waals surface area contributed by atoms with Gasteiger partial charge in [-0.15, -0.1) is 11.8 Å². The van der Waals surface area contributed by atoms with Crippen LogP contribution in [0.1, 0.15) is 56.9 Å². The lowest BCUT2D eigenvalue weighted by molar-refractivity contribution is -0.141. The van der Waals surface area contributed by atoms with Crippen LogP contribution in [0.2, 0.25) is 0 Å². The summed E-state index contributed by atoms with van der Waals surface area (Å²) >= 11 is 9.32. The van der Waals surface area contributed by atoms with Crippen LogP contribution in [0.5, 0.6) is 0 Å². The summed E-state index contributed by atoms with van der Waals surface area (Å²) in [6.07, 6.45) is -1.33. The number of nitrogens with zero attached hydrogens (tertiary/aromatic N) is 1. The summed E-state index contributed by atoms with van der Waals surface area (Å²) in [6, 6.07) is 6.61. The van der Waals surface area contributed by atoms with Gasteiger partial charge < -0.3 is 75.1 Å². The highest BCUT2D eigenvalue weighted by molar-refractivity contribution is 8.00. The highest BCUT2D eigenvalue weighted by Gasteiger charge is 2.34. The summed E-state index contributed by atoms with van der Waals surface area (Å²) in [6.45, 7) is -0.827. The number of unbranched alkanes of at least 4 members (excludes halogenated alkanes) is 1. The number of benzene rings is 3. The maximum atomic E-state index is 14.1. The Kier molecular flexibility index (Phi) is 29.5. The number of aliphatic carboxylic acids is 1. The molecular formula is C53H72N14O16S4. The van der Waals surface area contributed by atoms with Crippen molar-refractivity contribution in [2.24, 2.45) is 16.5 Å². The summed E-state index contributed by atoms with van der Waals surface area (Å²) < 4.78 is 33.2. The van der Waals surface area contributed by atoms with Crippen molar-refractivity contribution in [1.29, 1.82) is 0 Å². The highest BCUT2D eigenvalue weighted by Crippen LogP contribution is 2.26. The first-order chi connectivity index (χ1) is 41.3. The number of anilines is 1. The van der Waals surface area contributed by atoms with Crippen LogP contribution in [0.3, 0.4) is 0 Å². The minimum atomic E-state index is -4.51. The van der Waals surface area contributed by atoms with E-state index >= 15 is 0 Å². The Morgan fingerprint density at radius 1 is 0.678 bits per heavy atom. The quantitative estimate of drug-likeness (QED) is 0.0164. The zero-order chi connectivity index (χ0) is 64.2. The molecule has 1 aliphatic rings. The topological polar surface area (TPSA) is 476 Å². The Bertz CT molecular complexity index is 3120. The van der Waals surface area contributed by atoms with Crippen LogP contribution >= 0.6 is 37.0 Å². The second-order valence-corrected chi connectivity index (χ2v) is 22.7. The van der Waals surface area contributed by atoms with Gasteiger partial charge in [-0.05, 0) is 61.3 Å². The van der Waals surface area contributed by atoms with Crippen molar-refractivity contribution in [2.45, 2.75) is 105 Å². The summed E-state index contributed by atoms with van der Waals surface area (Å²) in [5.74, 6) is -12.5. The van der Waals surface area contributed by atoms with E-state index in [1.165, 1.54) is 37.4 Å². The van der Waals surface area contributed by atoms with Gasteiger partial charge in [0.05, 0.1) is 18.7 Å². The zero-order valence-corrected chi connectivity index (χ0v) is 50.6. The van der Waals surface area contributed by atoms with Gasteiger partial charge in [0.2, 0.25) is 65.0 Å². The van der Waals surface area contributed by atoms with Crippen LogP contribution in [0, 0.1) is 0 Å². The number of carboxylic acid groups (broad SMARTS) is 1. The number of carbonyl (C=O) groups excluding carboxylic acids is 11. The third-order valence-corrected chi connectivity index (χ3v) is 15.5. The maximum absolute atomic E-state index is 14.1. The van der Waals surface area contributed by atoms with E-state index in [0.717, 1.165) is 11.8 Å². The smallest absolute Gasteiger partial charge is 0.305 e. The third kappa shape index (κ3) is 25.0. The number of aliphatic imine (C=N–C) groups is 1. The minimum absolute atomic E-state index is 0.0132. The van der Waals surface area contributed by atoms with E-state index in [4.69, 9.17) is 11.5 Å². The fourth-order valence-corrected chi connectivity index (χ4v) is 10.5. The normalized spacial score (nSPS) is 20.9. The number of hydrogen-bond donors (Lipinski definition) is 17. The van der Waals surface area contributed by atoms with Crippen molar-refractivity contribution in [3.05, 3.63) is 72.3 Å². The van der Waals surface area contributed by atoms with Crippen molar-refractivity contribution in [3.8, 4) is 0 Å². The fraction of sp³-hybridized carbons (Fsp3) is 0.453. The van der Waals surface area contributed by atoms with Crippen LogP contribution < -0.4 is 70.0 Å². The van der Waals surface area contributed by atoms with E-state index in [-0.39, 0.29) is 92.2 Å². The van der Waals surface area contributed by atoms with Gasteiger partial charge in [0.25, 0.3) is 10.1 Å². The van der Waals surface area contributed by atoms with Gasteiger partial charge in [-0.3, -0.25) is 67.1 Å². The second kappa shape index (κ2) is 36.1. The lowest BCUT2D eigenvalue weighted by Gasteiger charge is -2.26. The molecule has 4 rings (SSSR count). The van der Waals surface area contributed by atoms with Crippen LogP contribution in [0.4, 0.5) is 5.69 Å². The molecule has 1 fully saturated rings. The molecule has 1 saturated heterocycles. The first-order valence-corrected chi connectivity index (χ1v) is 31.0. The monoisotopic (exact) mass is 1290 g/mol. The molecule has 3 aromatic carbocycles. The van der Waals surface area contributed by atoms with Gasteiger partial charge in [0.1, 0.15) is 47.2 Å². The number of guanidine groups is 1. The first-order valence-electron chi connectivity index (χ1n) is 27.1. The van der Waals surface area contributed by atoms with Gasteiger partial charge in [0, 0.05) is 67.7 Å². The Morgan fingerprint density at radius 3 is 1.90 bits per heavy atom. The Balaban J connectivity index is 1.56. The molecule has 7 atom stereocenters. The molecular weight excluding hydrogens is 1220 g/mol. The number of nitrogens with two attached hydrogens (primary N) is 2. The molecule has 30 nitrogen and oxygen atoms in total. The summed E-state index contributed by atoms with van der Waals surface area (Å²) in [7, 11) is -3.21. The van der Waals surface area contributed by atoms with Crippen LogP contribution in [-0.2, 0) is 74.1 Å². The molecule has 1 unspecified atom stereocenters. The zero-order valence-electron chi connectivity index (χ0n) is 47.1. The largest absolute Gasteiger partial charge is 0.481 e. The molecule has 0 spiro atoms. The van der Waals surface area contributed by atoms with Gasteiger partial charge in [-0.2, -0.15) is 33.7 Å². The summed E-state index contributed by atoms with van der Waals surface area (Å²) in [5, 5.41) is 37.7. The molecule has 3 aromatic rings. The Labute approximate surface area is 515 Å². The van der Waals surface area contributed by atoms with Crippen molar-refractivity contribution in [1.82, 2.24) is 53.2 Å². The van der Waals surface area contributed by atoms with Crippen molar-refractivity contribution in [2.75, 3.05) is 55.0 Å². The number of rotatable bonds is 21. The SMILES string of the molecule is CNC(=O)[C@@H]1CSCC(=O)N[C@@H](CCCCNC(=O)CCC(=O)Nc2ccc3c(S(=O)(=O)O)cccc3c2)C(=O)N[C@@H](CS)C(=O)N[C@@H](CCCN=C(N)N)C(=O)NCC(=O)N[C@@H](CC(=O)O)C(=O)N[C@@H](CS)C(=O)NC(Cc2ccccc2)C(=O)N1. The number of thioether (sulfide) groups is 1. The molecule has 34 heteroatoms. The summed E-state index contributed by atoms with van der Waals surface area (Å²) in [5.41, 5.74) is 11.8. The fourth-order valence-electron chi connectivity index (χ4n) is 8.43. The average molecular weight is 1290 g/mol. The van der Waals surface area contributed by atoms with Crippen LogP contribution in [0.25, 0.3) is 10.8 Å². The predicted molar refractivity (Wildman–Crippen MR) is 326 cm³/mol. The van der Waals surface area contributed by atoms with Gasteiger partial charge in [-0.25, -0.2) is 0 Å². The van der Waals surface area contributed by atoms with E-state index in [1.807, 2.05) is 0 Å². The molecule has 0 radical (unpaired) electrons. The number of nitrogens with one attached hydrogen (secondary N) is 11. The molecule has 0 saturated carbocycles.